The number of nitrogens with two attached hydrogens (primary N) is 1. The van der Waals surface area contributed by atoms with Crippen LogP contribution in [0, 0.1) is 5.92 Å². The Bertz CT molecular complexity index is 329. The van der Waals surface area contributed by atoms with E-state index in [2.05, 4.69) is 0 Å². The van der Waals surface area contributed by atoms with Crippen molar-refractivity contribution in [1.82, 2.24) is 4.31 Å². The van der Waals surface area contributed by atoms with Gasteiger partial charge in [0.05, 0.1) is 5.75 Å². The van der Waals surface area contributed by atoms with Gasteiger partial charge in [0.2, 0.25) is 10.0 Å². The lowest BCUT2D eigenvalue weighted by molar-refractivity contribution is 0.135. The molecular formula is C10H20N2O2S. The Morgan fingerprint density at radius 1 is 1.40 bits per heavy atom. The van der Waals surface area contributed by atoms with Crippen molar-refractivity contribution in [1.29, 1.82) is 0 Å². The van der Waals surface area contributed by atoms with E-state index in [1.54, 1.807) is 4.31 Å². The van der Waals surface area contributed by atoms with Crippen LogP contribution >= 0.6 is 0 Å². The summed E-state index contributed by atoms with van der Waals surface area (Å²) in [6, 6.07) is 0. The normalized spacial score (nSPS) is 26.3. The van der Waals surface area contributed by atoms with Crippen LogP contribution in [0.4, 0.5) is 0 Å². The molecule has 2 rings (SSSR count). The molecule has 0 amide bonds. The van der Waals surface area contributed by atoms with Gasteiger partial charge in [0, 0.05) is 18.6 Å². The first-order chi connectivity index (χ1) is 6.98. The Kier molecular flexibility index (Phi) is 2.81. The molecule has 1 saturated heterocycles. The van der Waals surface area contributed by atoms with Gasteiger partial charge in [0.1, 0.15) is 0 Å². The van der Waals surface area contributed by atoms with Crippen LogP contribution in [0.2, 0.25) is 0 Å². The van der Waals surface area contributed by atoms with Gasteiger partial charge in [-0.2, -0.15) is 4.31 Å². The van der Waals surface area contributed by atoms with Crippen LogP contribution in [-0.4, -0.2) is 37.1 Å². The molecule has 2 aliphatic rings. The van der Waals surface area contributed by atoms with Crippen molar-refractivity contribution >= 4 is 10.0 Å². The standard InChI is InChI=1S/C10H20N2O2S/c1-2-3-6-15(13,14)12-7-10(11,8-12)9-4-5-9/h9H,2-8,11H2,1H3. The third-order valence-electron chi connectivity index (χ3n) is 3.48. The van der Waals surface area contributed by atoms with E-state index in [0.29, 0.717) is 19.0 Å². The third kappa shape index (κ3) is 2.19. The fraction of sp³-hybridized carbons (Fsp3) is 1.00. The fourth-order valence-corrected chi connectivity index (χ4v) is 3.97. The molecule has 15 heavy (non-hydrogen) atoms. The Morgan fingerprint density at radius 3 is 2.47 bits per heavy atom. The number of hydrogen-bond donors (Lipinski definition) is 1. The van der Waals surface area contributed by atoms with Gasteiger partial charge in [-0.05, 0) is 25.2 Å². The van der Waals surface area contributed by atoms with Gasteiger partial charge >= 0.3 is 0 Å². The summed E-state index contributed by atoms with van der Waals surface area (Å²) in [5.74, 6) is 0.861. The molecular weight excluding hydrogens is 212 g/mol. The minimum absolute atomic E-state index is 0.195. The first kappa shape index (κ1) is 11.4. The first-order valence-electron chi connectivity index (χ1n) is 5.75. The van der Waals surface area contributed by atoms with Gasteiger partial charge in [-0.15, -0.1) is 0 Å². The van der Waals surface area contributed by atoms with Crippen LogP contribution in [-0.2, 0) is 10.0 Å². The summed E-state index contributed by atoms with van der Waals surface area (Å²) >= 11 is 0. The molecule has 4 nitrogen and oxygen atoms in total. The molecule has 1 saturated carbocycles. The molecule has 2 N–H and O–H groups in total. The highest BCUT2D eigenvalue weighted by Gasteiger charge is 2.53. The van der Waals surface area contributed by atoms with Gasteiger partial charge in [-0.3, -0.25) is 0 Å². The molecule has 88 valence electrons. The summed E-state index contributed by atoms with van der Waals surface area (Å²) in [5, 5.41) is 0. The summed E-state index contributed by atoms with van der Waals surface area (Å²) in [5.41, 5.74) is 5.92. The van der Waals surface area contributed by atoms with E-state index in [1.165, 1.54) is 12.8 Å². The highest BCUT2D eigenvalue weighted by atomic mass is 32.2. The van der Waals surface area contributed by atoms with Gasteiger partial charge < -0.3 is 5.73 Å². The highest BCUT2D eigenvalue weighted by molar-refractivity contribution is 7.89. The van der Waals surface area contributed by atoms with E-state index in [1.807, 2.05) is 6.92 Å². The maximum atomic E-state index is 11.8. The van der Waals surface area contributed by atoms with Crippen LogP contribution in [0.3, 0.4) is 0 Å². The Labute approximate surface area is 91.9 Å². The zero-order valence-electron chi connectivity index (χ0n) is 9.28. The molecule has 0 radical (unpaired) electrons. The number of rotatable bonds is 5. The molecule has 1 heterocycles. The van der Waals surface area contributed by atoms with Gasteiger partial charge in [0.25, 0.3) is 0 Å². The van der Waals surface area contributed by atoms with Crippen LogP contribution in [0.1, 0.15) is 32.6 Å². The second kappa shape index (κ2) is 3.71. The van der Waals surface area contributed by atoms with E-state index >= 15 is 0 Å². The molecule has 2 fully saturated rings. The predicted molar refractivity (Wildman–Crippen MR) is 59.9 cm³/mol. The molecule has 0 bridgehead atoms. The molecule has 5 heteroatoms. The Hall–Kier alpha value is -0.130. The highest BCUT2D eigenvalue weighted by Crippen LogP contribution is 2.43. The van der Waals surface area contributed by atoms with Gasteiger partial charge in [0.15, 0.2) is 0 Å². The topological polar surface area (TPSA) is 63.4 Å². The van der Waals surface area contributed by atoms with Crippen LogP contribution in [0.15, 0.2) is 0 Å². The Morgan fingerprint density at radius 2 is 2.00 bits per heavy atom. The lowest BCUT2D eigenvalue weighted by Gasteiger charge is -2.47. The van der Waals surface area contributed by atoms with E-state index in [0.717, 1.165) is 12.8 Å². The van der Waals surface area contributed by atoms with Gasteiger partial charge in [-0.25, -0.2) is 8.42 Å². The largest absolute Gasteiger partial charge is 0.323 e. The third-order valence-corrected chi connectivity index (χ3v) is 5.33. The second-order valence-corrected chi connectivity index (χ2v) is 7.03. The summed E-state index contributed by atoms with van der Waals surface area (Å²) in [7, 11) is -3.01. The molecule has 0 spiro atoms. The summed E-state index contributed by atoms with van der Waals surface area (Å²) < 4.78 is 25.1. The maximum absolute atomic E-state index is 11.8. The lowest BCUT2D eigenvalue weighted by Crippen LogP contribution is -2.69. The Balaban J connectivity index is 1.87. The lowest BCUT2D eigenvalue weighted by atomic mass is 9.88. The second-order valence-electron chi connectivity index (χ2n) is 4.95. The first-order valence-corrected chi connectivity index (χ1v) is 7.35. The molecule has 1 aliphatic heterocycles. The summed E-state index contributed by atoms with van der Waals surface area (Å²) in [6.07, 6.45) is 4.03. The van der Waals surface area contributed by atoms with E-state index in [4.69, 9.17) is 5.73 Å². The zero-order chi connectivity index (χ0) is 11.1. The summed E-state index contributed by atoms with van der Waals surface area (Å²) in [6.45, 7) is 3.09. The quantitative estimate of drug-likeness (QED) is 0.752. The molecule has 1 aliphatic carbocycles. The summed E-state index contributed by atoms with van der Waals surface area (Å²) in [4.78, 5) is 0. The van der Waals surface area contributed by atoms with Crippen LogP contribution < -0.4 is 5.73 Å². The van der Waals surface area contributed by atoms with Crippen molar-refractivity contribution in [3.05, 3.63) is 0 Å². The van der Waals surface area contributed by atoms with E-state index < -0.39 is 10.0 Å². The SMILES string of the molecule is CCCCS(=O)(=O)N1CC(N)(C2CC2)C1. The van der Waals surface area contributed by atoms with Crippen molar-refractivity contribution < 1.29 is 8.42 Å². The average Bonchev–Trinajstić information content (AvgIpc) is 2.92. The van der Waals surface area contributed by atoms with E-state index in [9.17, 15) is 8.42 Å². The van der Waals surface area contributed by atoms with Gasteiger partial charge in [-0.1, -0.05) is 13.3 Å². The van der Waals surface area contributed by atoms with E-state index in [-0.39, 0.29) is 11.3 Å². The molecule has 0 aromatic rings. The number of hydrogen-bond acceptors (Lipinski definition) is 3. The number of nitrogens with zero attached hydrogens (tertiary/aromatic N) is 1. The van der Waals surface area contributed by atoms with Crippen LogP contribution in [0.25, 0.3) is 0 Å². The van der Waals surface area contributed by atoms with Crippen molar-refractivity contribution in [2.45, 2.75) is 38.1 Å². The van der Waals surface area contributed by atoms with Crippen molar-refractivity contribution in [3.8, 4) is 0 Å². The van der Waals surface area contributed by atoms with Crippen molar-refractivity contribution in [2.75, 3.05) is 18.8 Å². The minimum atomic E-state index is -3.01. The predicted octanol–water partition coefficient (Wildman–Crippen LogP) is 0.539. The molecule has 0 atom stereocenters. The smallest absolute Gasteiger partial charge is 0.214 e. The number of sulfonamides is 1. The van der Waals surface area contributed by atoms with Crippen LogP contribution in [0.5, 0.6) is 0 Å². The number of unbranched alkanes of at least 4 members (excludes halogenated alkanes) is 1. The maximum Gasteiger partial charge on any atom is 0.214 e. The monoisotopic (exact) mass is 232 g/mol. The molecule has 0 aromatic heterocycles. The molecule has 0 unspecified atom stereocenters. The average molecular weight is 232 g/mol. The fourth-order valence-electron chi connectivity index (χ4n) is 2.18. The van der Waals surface area contributed by atoms with Crippen molar-refractivity contribution in [2.24, 2.45) is 11.7 Å². The zero-order valence-corrected chi connectivity index (χ0v) is 10.1. The molecule has 0 aromatic carbocycles. The minimum Gasteiger partial charge on any atom is -0.323 e. The van der Waals surface area contributed by atoms with Crippen molar-refractivity contribution in [3.63, 3.8) is 0 Å².